The van der Waals surface area contributed by atoms with Gasteiger partial charge >= 0.3 is 5.97 Å². The van der Waals surface area contributed by atoms with Gasteiger partial charge in [0, 0.05) is 5.56 Å². The maximum atomic E-state index is 12.2. The number of hydrogen-bond donors (Lipinski definition) is 2. The van der Waals surface area contributed by atoms with Crippen LogP contribution in [0.25, 0.3) is 0 Å². The van der Waals surface area contributed by atoms with Gasteiger partial charge in [0.1, 0.15) is 5.75 Å². The molecule has 0 fully saturated rings. The number of carboxylic acid groups (broad SMARTS) is 1. The molecule has 2 aromatic carbocycles. The Balaban J connectivity index is 2.26. The number of carbonyl (C=O) groups excluding carboxylic acids is 1. The van der Waals surface area contributed by atoms with Crippen molar-refractivity contribution in [3.05, 3.63) is 59.2 Å². The number of amides is 1. The van der Waals surface area contributed by atoms with Gasteiger partial charge in [0.15, 0.2) is 0 Å². The SMILES string of the molecule is CCc1ccc(C(=O)Nc2cc(C(=O)O)ccc2OC)cc1. The second kappa shape index (κ2) is 6.76. The lowest BCUT2D eigenvalue weighted by atomic mass is 10.1. The van der Waals surface area contributed by atoms with E-state index in [0.717, 1.165) is 12.0 Å². The van der Waals surface area contributed by atoms with Gasteiger partial charge in [-0.15, -0.1) is 0 Å². The summed E-state index contributed by atoms with van der Waals surface area (Å²) < 4.78 is 5.15. The lowest BCUT2D eigenvalue weighted by Gasteiger charge is -2.11. The second-order valence-electron chi connectivity index (χ2n) is 4.72. The number of hydrogen-bond acceptors (Lipinski definition) is 3. The molecule has 0 aromatic heterocycles. The maximum absolute atomic E-state index is 12.2. The molecule has 0 heterocycles. The molecule has 5 heteroatoms. The van der Waals surface area contributed by atoms with Crippen LogP contribution in [0.15, 0.2) is 42.5 Å². The number of nitrogens with one attached hydrogen (secondary N) is 1. The molecule has 1 amide bonds. The lowest BCUT2D eigenvalue weighted by molar-refractivity contribution is 0.0696. The fourth-order valence-corrected chi connectivity index (χ4v) is 2.03. The molecule has 0 bridgehead atoms. The monoisotopic (exact) mass is 299 g/mol. The van der Waals surface area contributed by atoms with E-state index in [2.05, 4.69) is 5.32 Å². The maximum Gasteiger partial charge on any atom is 0.335 e. The molecule has 0 spiro atoms. The molecule has 0 aliphatic rings. The Kier molecular flexibility index (Phi) is 4.78. The number of methoxy groups -OCH3 is 1. The van der Waals surface area contributed by atoms with Gasteiger partial charge in [-0.05, 0) is 42.3 Å². The molecule has 114 valence electrons. The minimum absolute atomic E-state index is 0.0810. The summed E-state index contributed by atoms with van der Waals surface area (Å²) in [7, 11) is 1.46. The molecule has 0 atom stereocenters. The van der Waals surface area contributed by atoms with Gasteiger partial charge in [0.05, 0.1) is 18.4 Å². The van der Waals surface area contributed by atoms with Crippen molar-refractivity contribution in [1.29, 1.82) is 0 Å². The summed E-state index contributed by atoms with van der Waals surface area (Å²) in [6, 6.07) is 11.6. The van der Waals surface area contributed by atoms with Crippen LogP contribution in [-0.4, -0.2) is 24.1 Å². The standard InChI is InChI=1S/C17H17NO4/c1-3-11-4-6-12(7-5-11)16(19)18-14-10-13(17(20)21)8-9-15(14)22-2/h4-10H,3H2,1-2H3,(H,18,19)(H,20,21). The first kappa shape index (κ1) is 15.6. The zero-order valence-corrected chi connectivity index (χ0v) is 12.4. The molecule has 2 N–H and O–H groups in total. The van der Waals surface area contributed by atoms with Crippen molar-refractivity contribution in [2.75, 3.05) is 12.4 Å². The molecule has 0 aliphatic carbocycles. The minimum atomic E-state index is -1.06. The van der Waals surface area contributed by atoms with Crippen molar-refractivity contribution in [3.8, 4) is 5.75 Å². The van der Waals surface area contributed by atoms with Gasteiger partial charge < -0.3 is 15.2 Å². The van der Waals surface area contributed by atoms with Crippen LogP contribution in [0, 0.1) is 0 Å². The highest BCUT2D eigenvalue weighted by atomic mass is 16.5. The summed E-state index contributed by atoms with van der Waals surface area (Å²) in [4.78, 5) is 23.3. The molecular weight excluding hydrogens is 282 g/mol. The Bertz CT molecular complexity index is 692. The van der Waals surface area contributed by atoms with Crippen molar-refractivity contribution < 1.29 is 19.4 Å². The number of aromatic carboxylic acids is 1. The van der Waals surface area contributed by atoms with E-state index in [1.54, 1.807) is 12.1 Å². The molecule has 0 aliphatic heterocycles. The number of ether oxygens (including phenoxy) is 1. The van der Waals surface area contributed by atoms with Crippen molar-refractivity contribution in [1.82, 2.24) is 0 Å². The number of benzene rings is 2. The Morgan fingerprint density at radius 3 is 2.27 bits per heavy atom. The number of carboxylic acids is 1. The molecule has 22 heavy (non-hydrogen) atoms. The van der Waals surface area contributed by atoms with Crippen LogP contribution in [0.2, 0.25) is 0 Å². The predicted molar refractivity (Wildman–Crippen MR) is 83.7 cm³/mol. The van der Waals surface area contributed by atoms with Crippen molar-refractivity contribution >= 4 is 17.6 Å². The summed E-state index contributed by atoms with van der Waals surface area (Å²) in [6.07, 6.45) is 0.899. The van der Waals surface area contributed by atoms with Gasteiger partial charge in [-0.1, -0.05) is 19.1 Å². The van der Waals surface area contributed by atoms with E-state index in [4.69, 9.17) is 9.84 Å². The van der Waals surface area contributed by atoms with Crippen LogP contribution in [0.5, 0.6) is 5.75 Å². The summed E-state index contributed by atoms with van der Waals surface area (Å²) in [5.41, 5.74) is 2.05. The van der Waals surface area contributed by atoms with E-state index in [0.29, 0.717) is 17.0 Å². The molecule has 0 saturated carbocycles. The number of carbonyl (C=O) groups is 2. The highest BCUT2D eigenvalue weighted by Gasteiger charge is 2.13. The van der Waals surface area contributed by atoms with Crippen LogP contribution in [0.1, 0.15) is 33.2 Å². The zero-order chi connectivity index (χ0) is 16.1. The van der Waals surface area contributed by atoms with E-state index in [1.165, 1.54) is 25.3 Å². The Morgan fingerprint density at radius 1 is 1.09 bits per heavy atom. The number of rotatable bonds is 5. The van der Waals surface area contributed by atoms with Crippen LogP contribution < -0.4 is 10.1 Å². The first-order valence-corrected chi connectivity index (χ1v) is 6.86. The van der Waals surface area contributed by atoms with Gasteiger partial charge in [-0.25, -0.2) is 4.79 Å². The normalized spacial score (nSPS) is 10.1. The summed E-state index contributed by atoms with van der Waals surface area (Å²) in [6.45, 7) is 2.04. The molecule has 2 rings (SSSR count). The van der Waals surface area contributed by atoms with Crippen LogP contribution in [0.3, 0.4) is 0 Å². The molecule has 0 radical (unpaired) electrons. The molecule has 5 nitrogen and oxygen atoms in total. The summed E-state index contributed by atoms with van der Waals surface area (Å²) in [5.74, 6) is -0.975. The van der Waals surface area contributed by atoms with Crippen LogP contribution >= 0.6 is 0 Å². The first-order valence-electron chi connectivity index (χ1n) is 6.86. The van der Waals surface area contributed by atoms with E-state index >= 15 is 0 Å². The lowest BCUT2D eigenvalue weighted by Crippen LogP contribution is -2.13. The third-order valence-corrected chi connectivity index (χ3v) is 3.32. The molecule has 0 unspecified atom stereocenters. The molecular formula is C17H17NO4. The Labute approximate surface area is 128 Å². The quantitative estimate of drug-likeness (QED) is 0.889. The predicted octanol–water partition coefficient (Wildman–Crippen LogP) is 3.21. The van der Waals surface area contributed by atoms with E-state index in [-0.39, 0.29) is 11.5 Å². The molecule has 2 aromatic rings. The Morgan fingerprint density at radius 2 is 1.73 bits per heavy atom. The fraction of sp³-hybridized carbons (Fsp3) is 0.176. The zero-order valence-electron chi connectivity index (χ0n) is 12.4. The third kappa shape index (κ3) is 3.44. The Hall–Kier alpha value is -2.82. The average Bonchev–Trinajstić information content (AvgIpc) is 2.54. The first-order chi connectivity index (χ1) is 10.5. The van der Waals surface area contributed by atoms with Crippen LogP contribution in [-0.2, 0) is 6.42 Å². The van der Waals surface area contributed by atoms with Gasteiger partial charge in [-0.2, -0.15) is 0 Å². The highest BCUT2D eigenvalue weighted by Crippen LogP contribution is 2.26. The third-order valence-electron chi connectivity index (χ3n) is 3.32. The van der Waals surface area contributed by atoms with Gasteiger partial charge in [0.25, 0.3) is 5.91 Å². The fourth-order valence-electron chi connectivity index (χ4n) is 2.03. The van der Waals surface area contributed by atoms with Crippen molar-refractivity contribution in [3.63, 3.8) is 0 Å². The minimum Gasteiger partial charge on any atom is -0.495 e. The van der Waals surface area contributed by atoms with E-state index in [9.17, 15) is 9.59 Å². The average molecular weight is 299 g/mol. The van der Waals surface area contributed by atoms with Gasteiger partial charge in [-0.3, -0.25) is 4.79 Å². The second-order valence-corrected chi connectivity index (χ2v) is 4.72. The number of anilines is 1. The van der Waals surface area contributed by atoms with Crippen molar-refractivity contribution in [2.24, 2.45) is 0 Å². The smallest absolute Gasteiger partial charge is 0.335 e. The van der Waals surface area contributed by atoms with Gasteiger partial charge in [0.2, 0.25) is 0 Å². The molecule has 0 saturated heterocycles. The van der Waals surface area contributed by atoms with Crippen LogP contribution in [0.4, 0.5) is 5.69 Å². The topological polar surface area (TPSA) is 75.6 Å². The number of aryl methyl sites for hydroxylation is 1. The highest BCUT2D eigenvalue weighted by molar-refractivity contribution is 6.05. The van der Waals surface area contributed by atoms with E-state index in [1.807, 2.05) is 19.1 Å². The van der Waals surface area contributed by atoms with Crippen molar-refractivity contribution in [2.45, 2.75) is 13.3 Å². The summed E-state index contributed by atoms with van der Waals surface area (Å²) in [5, 5.41) is 11.7. The largest absolute Gasteiger partial charge is 0.495 e. The summed E-state index contributed by atoms with van der Waals surface area (Å²) >= 11 is 0. The van der Waals surface area contributed by atoms with E-state index < -0.39 is 5.97 Å².